The number of fused-ring (bicyclic) bond motifs is 2. The van der Waals surface area contributed by atoms with Crippen LogP contribution in [0.3, 0.4) is 0 Å². The molecule has 0 saturated carbocycles. The highest BCUT2D eigenvalue weighted by molar-refractivity contribution is 6.74. The van der Waals surface area contributed by atoms with Gasteiger partial charge in [-0.25, -0.2) is 4.79 Å². The van der Waals surface area contributed by atoms with Crippen molar-refractivity contribution in [2.75, 3.05) is 25.1 Å². The second-order valence-corrected chi connectivity index (χ2v) is 23.6. The van der Waals surface area contributed by atoms with Gasteiger partial charge in [0.2, 0.25) is 0 Å². The maximum atomic E-state index is 13.3. The lowest BCUT2D eigenvalue weighted by atomic mass is 10.2. The van der Waals surface area contributed by atoms with E-state index in [9.17, 15) is 4.79 Å². The molecule has 0 spiro atoms. The second kappa shape index (κ2) is 11.5. The highest BCUT2D eigenvalue weighted by Crippen LogP contribution is 2.46. The van der Waals surface area contributed by atoms with Gasteiger partial charge in [0.15, 0.2) is 34.0 Å². The largest absolute Gasteiger partial charge is 0.490 e. The minimum Gasteiger partial charge on any atom is -0.490 e. The fraction of sp³-hybridized carbons (Fsp3) is 0.655. The first-order valence-corrected chi connectivity index (χ1v) is 20.3. The van der Waals surface area contributed by atoms with E-state index in [1.54, 1.807) is 6.20 Å². The number of benzene rings is 1. The number of para-hydroxylation sites is 1. The van der Waals surface area contributed by atoms with Gasteiger partial charge in [-0.15, -0.1) is 0 Å². The zero-order valence-corrected chi connectivity index (χ0v) is 28.3. The summed E-state index contributed by atoms with van der Waals surface area (Å²) in [4.78, 5) is 17.6. The maximum absolute atomic E-state index is 13.3. The zero-order valence-electron chi connectivity index (χ0n) is 26.3. The summed E-state index contributed by atoms with van der Waals surface area (Å²) >= 11 is 0. The third-order valence-corrected chi connectivity index (χ3v) is 17.9. The van der Waals surface area contributed by atoms with Gasteiger partial charge in [0, 0.05) is 13.0 Å². The minimum atomic E-state index is -2.13. The number of rotatable bonds is 9. The van der Waals surface area contributed by atoms with Crippen molar-refractivity contribution < 1.29 is 23.1 Å². The molecule has 228 valence electrons. The van der Waals surface area contributed by atoms with Crippen LogP contribution >= 0.6 is 0 Å². The SMILES string of the molecule is CC(C)(C)[Si](C)(C)OC[C@H]1O[C@@H](n2cc3c(nc2=O)Nc2c(OCCN)cccc2O3)C[C@@H]1O[Si](C)(C)C(C)(C)C. The highest BCUT2D eigenvalue weighted by atomic mass is 28.4. The number of ether oxygens (including phenoxy) is 3. The summed E-state index contributed by atoms with van der Waals surface area (Å²) < 4.78 is 33.4. The van der Waals surface area contributed by atoms with E-state index in [4.69, 9.17) is 28.8 Å². The molecule has 1 aromatic heterocycles. The number of aromatic nitrogens is 2. The highest BCUT2D eigenvalue weighted by Gasteiger charge is 2.47. The van der Waals surface area contributed by atoms with Gasteiger partial charge in [0.05, 0.1) is 18.9 Å². The first-order valence-electron chi connectivity index (χ1n) is 14.4. The normalized spacial score (nSPS) is 21.1. The molecule has 1 saturated heterocycles. The van der Waals surface area contributed by atoms with Crippen LogP contribution in [0.2, 0.25) is 36.3 Å². The average Bonchev–Trinajstić information content (AvgIpc) is 3.25. The van der Waals surface area contributed by atoms with Crippen molar-refractivity contribution in [1.29, 1.82) is 0 Å². The molecule has 4 rings (SSSR count). The van der Waals surface area contributed by atoms with Crippen molar-refractivity contribution in [2.45, 2.75) is 103 Å². The third kappa shape index (κ3) is 6.73. The van der Waals surface area contributed by atoms with Crippen LogP contribution in [0.1, 0.15) is 54.2 Å². The molecule has 10 nitrogen and oxygen atoms in total. The minimum absolute atomic E-state index is 0.0275. The van der Waals surface area contributed by atoms with E-state index < -0.39 is 28.6 Å². The van der Waals surface area contributed by atoms with Crippen LogP contribution in [0, 0.1) is 0 Å². The molecule has 0 aliphatic carbocycles. The lowest BCUT2D eigenvalue weighted by Crippen LogP contribution is -2.48. The Labute approximate surface area is 246 Å². The van der Waals surface area contributed by atoms with Crippen LogP contribution in [0.5, 0.6) is 17.2 Å². The summed E-state index contributed by atoms with van der Waals surface area (Å²) in [5, 5.41) is 3.30. The van der Waals surface area contributed by atoms with Crippen LogP contribution in [0.25, 0.3) is 0 Å². The van der Waals surface area contributed by atoms with Crippen LogP contribution < -0.4 is 26.2 Å². The lowest BCUT2D eigenvalue weighted by molar-refractivity contribution is -0.0413. The molecule has 2 aromatic rings. The Hall–Kier alpha value is -2.23. The summed E-state index contributed by atoms with van der Waals surface area (Å²) in [6, 6.07) is 5.49. The van der Waals surface area contributed by atoms with Crippen LogP contribution in [-0.4, -0.2) is 58.2 Å². The van der Waals surface area contributed by atoms with E-state index in [1.807, 2.05) is 18.2 Å². The summed E-state index contributed by atoms with van der Waals surface area (Å²) in [5.74, 6) is 1.91. The Kier molecular flexibility index (Phi) is 8.86. The molecule has 2 aliphatic rings. The third-order valence-electron chi connectivity index (χ3n) is 8.90. The van der Waals surface area contributed by atoms with E-state index >= 15 is 0 Å². The van der Waals surface area contributed by atoms with E-state index in [-0.39, 0.29) is 22.3 Å². The fourth-order valence-corrected chi connectivity index (χ4v) is 6.65. The molecule has 0 unspecified atom stereocenters. The van der Waals surface area contributed by atoms with Gasteiger partial charge in [-0.2, -0.15) is 4.98 Å². The number of nitrogens with zero attached hydrogens (tertiary/aromatic N) is 2. The molecule has 12 heteroatoms. The summed E-state index contributed by atoms with van der Waals surface area (Å²) in [6.45, 7) is 23.4. The van der Waals surface area contributed by atoms with Gasteiger partial charge < -0.3 is 34.1 Å². The smallest absolute Gasteiger partial charge is 0.351 e. The van der Waals surface area contributed by atoms with Crippen molar-refractivity contribution in [3.63, 3.8) is 0 Å². The van der Waals surface area contributed by atoms with Gasteiger partial charge in [0.25, 0.3) is 0 Å². The maximum Gasteiger partial charge on any atom is 0.351 e. The first-order chi connectivity index (χ1) is 18.9. The number of hydrogen-bond donors (Lipinski definition) is 2. The zero-order chi connectivity index (χ0) is 30.4. The van der Waals surface area contributed by atoms with Crippen LogP contribution in [-0.2, 0) is 13.6 Å². The van der Waals surface area contributed by atoms with Gasteiger partial charge in [-0.1, -0.05) is 47.6 Å². The van der Waals surface area contributed by atoms with Crippen LogP contribution in [0.15, 0.2) is 29.2 Å². The summed E-state index contributed by atoms with van der Waals surface area (Å²) in [5.41, 5.74) is 5.77. The Morgan fingerprint density at radius 2 is 1.76 bits per heavy atom. The lowest BCUT2D eigenvalue weighted by Gasteiger charge is -2.40. The van der Waals surface area contributed by atoms with Crippen molar-refractivity contribution >= 4 is 28.1 Å². The van der Waals surface area contributed by atoms with Crippen molar-refractivity contribution in [1.82, 2.24) is 9.55 Å². The standard InChI is InChI=1S/C29H48N4O6Si2/c1-28(2,3)40(7,8)36-18-23-21(39-41(9,10)29(4,5)6)16-24(38-23)33-17-22-26(32-27(33)34)31-25-19(35-15-14-30)12-11-13-20(25)37-22/h11-13,17,21,23-24H,14-16,18,30H2,1-10H3,(H,31,32,34)/t21-,23+,24+/m0/s1. The van der Waals surface area contributed by atoms with E-state index in [0.717, 1.165) is 0 Å². The van der Waals surface area contributed by atoms with Crippen molar-refractivity contribution in [3.05, 3.63) is 34.9 Å². The first kappa shape index (κ1) is 31.7. The van der Waals surface area contributed by atoms with Crippen molar-refractivity contribution in [3.8, 4) is 17.2 Å². The summed E-state index contributed by atoms with van der Waals surface area (Å²) in [7, 11) is -4.15. The van der Waals surface area contributed by atoms with E-state index in [2.05, 4.69) is 78.0 Å². The van der Waals surface area contributed by atoms with E-state index in [1.165, 1.54) is 4.57 Å². The average molecular weight is 605 g/mol. The van der Waals surface area contributed by atoms with Gasteiger partial charge in [-0.05, 0) is 48.4 Å². The Balaban J connectivity index is 1.60. The molecule has 0 amide bonds. The number of nitrogens with two attached hydrogens (primary N) is 1. The Morgan fingerprint density at radius 3 is 2.39 bits per heavy atom. The van der Waals surface area contributed by atoms with Gasteiger partial charge >= 0.3 is 5.69 Å². The summed E-state index contributed by atoms with van der Waals surface area (Å²) in [6.07, 6.45) is 1.09. The molecule has 3 heterocycles. The Morgan fingerprint density at radius 1 is 1.07 bits per heavy atom. The van der Waals surface area contributed by atoms with E-state index in [0.29, 0.717) is 54.9 Å². The second-order valence-electron chi connectivity index (χ2n) is 14.0. The molecule has 2 aliphatic heterocycles. The molecular formula is C29H48N4O6Si2. The Bertz CT molecular complexity index is 1300. The molecule has 1 fully saturated rings. The predicted octanol–water partition coefficient (Wildman–Crippen LogP) is 6.13. The molecule has 1 aromatic carbocycles. The number of nitrogens with one attached hydrogen (secondary N) is 1. The van der Waals surface area contributed by atoms with Gasteiger partial charge in [-0.3, -0.25) is 4.57 Å². The fourth-order valence-electron chi connectivity index (χ4n) is 4.27. The van der Waals surface area contributed by atoms with Crippen molar-refractivity contribution in [2.24, 2.45) is 5.73 Å². The van der Waals surface area contributed by atoms with Crippen LogP contribution in [0.4, 0.5) is 11.5 Å². The van der Waals surface area contributed by atoms with Gasteiger partial charge in [0.1, 0.15) is 30.4 Å². The molecule has 0 bridgehead atoms. The monoisotopic (exact) mass is 604 g/mol. The number of hydrogen-bond acceptors (Lipinski definition) is 9. The molecule has 3 atom stereocenters. The predicted molar refractivity (Wildman–Crippen MR) is 167 cm³/mol. The molecule has 3 N–H and O–H groups in total. The quantitative estimate of drug-likeness (QED) is 0.278. The molecule has 41 heavy (non-hydrogen) atoms. The molecule has 0 radical (unpaired) electrons. The molecular weight excluding hydrogens is 557 g/mol. The number of anilines is 2. The topological polar surface area (TPSA) is 119 Å².